The Bertz CT molecular complexity index is 1050. The van der Waals surface area contributed by atoms with Crippen LogP contribution in [0.4, 0.5) is 0 Å². The highest BCUT2D eigenvalue weighted by Crippen LogP contribution is 2.35. The van der Waals surface area contributed by atoms with Gasteiger partial charge in [0.2, 0.25) is 11.8 Å². The molecular weight excluding hydrogens is 504 g/mol. The van der Waals surface area contributed by atoms with Gasteiger partial charge in [0.05, 0.1) is 21.3 Å². The van der Waals surface area contributed by atoms with E-state index in [1.165, 1.54) is 37.7 Å². The number of carbonyl (C=O) groups excluding carboxylic acids is 2. The molecule has 7 heteroatoms. The zero-order chi connectivity index (χ0) is 28.6. The van der Waals surface area contributed by atoms with Crippen LogP contribution in [0.25, 0.3) is 0 Å². The number of methoxy groups -OCH3 is 3. The molecule has 0 aliphatic heterocycles. The Morgan fingerprint density at radius 1 is 0.750 bits per heavy atom. The van der Waals surface area contributed by atoms with Gasteiger partial charge < -0.3 is 24.8 Å². The highest BCUT2D eigenvalue weighted by Gasteiger charge is 2.16. The third-order valence-electron chi connectivity index (χ3n) is 7.94. The highest BCUT2D eigenvalue weighted by atomic mass is 16.5. The van der Waals surface area contributed by atoms with Crippen LogP contribution in [0.15, 0.2) is 36.4 Å². The standard InChI is InChI=1S/C33H48N2O5/c1-38-28-17-13-26(14-18-28)15-19-29-27(16-20-30(39-2)33(29)40-3)22-24-35-32(37)12-8-7-11-31(36)34-23-21-25-9-5-4-6-10-25/h13-14,16-18,20,25H,4-12,15,19,21-24H2,1-3H3,(H,34,36)(H,35,37). The normalized spacial score (nSPS) is 13.5. The molecule has 7 nitrogen and oxygen atoms in total. The monoisotopic (exact) mass is 552 g/mol. The topological polar surface area (TPSA) is 85.9 Å². The maximum absolute atomic E-state index is 12.4. The first-order valence-corrected chi connectivity index (χ1v) is 14.9. The smallest absolute Gasteiger partial charge is 0.220 e. The van der Waals surface area contributed by atoms with Crippen LogP contribution in [-0.4, -0.2) is 46.2 Å². The largest absolute Gasteiger partial charge is 0.497 e. The fourth-order valence-electron chi connectivity index (χ4n) is 5.58. The Kier molecular flexibility index (Phi) is 13.7. The van der Waals surface area contributed by atoms with E-state index >= 15 is 0 Å². The highest BCUT2D eigenvalue weighted by molar-refractivity contribution is 5.77. The summed E-state index contributed by atoms with van der Waals surface area (Å²) in [6, 6.07) is 12.1. The number of nitrogens with one attached hydrogen (secondary N) is 2. The van der Waals surface area contributed by atoms with Crippen LogP contribution in [0.3, 0.4) is 0 Å². The Hall–Kier alpha value is -3.22. The second kappa shape index (κ2) is 17.5. The van der Waals surface area contributed by atoms with E-state index in [9.17, 15) is 9.59 Å². The SMILES string of the molecule is COc1ccc(CCc2c(CCNC(=O)CCCCC(=O)NCCC3CCCCC3)ccc(OC)c2OC)cc1. The summed E-state index contributed by atoms with van der Waals surface area (Å²) >= 11 is 0. The van der Waals surface area contributed by atoms with Crippen molar-refractivity contribution in [2.45, 2.75) is 83.5 Å². The molecule has 0 unspecified atom stereocenters. The minimum absolute atomic E-state index is 0.0259. The predicted molar refractivity (Wildman–Crippen MR) is 159 cm³/mol. The first-order valence-electron chi connectivity index (χ1n) is 14.9. The molecule has 1 aliphatic carbocycles. The summed E-state index contributed by atoms with van der Waals surface area (Å²) < 4.78 is 16.5. The van der Waals surface area contributed by atoms with Crippen LogP contribution >= 0.6 is 0 Å². The number of benzene rings is 2. The minimum atomic E-state index is 0.0259. The number of ether oxygens (including phenoxy) is 3. The molecule has 1 aliphatic rings. The second-order valence-electron chi connectivity index (χ2n) is 10.7. The molecule has 2 aromatic rings. The second-order valence-corrected chi connectivity index (χ2v) is 10.7. The number of rotatable bonds is 17. The molecule has 1 fully saturated rings. The summed E-state index contributed by atoms with van der Waals surface area (Å²) in [6.07, 6.45) is 12.4. The van der Waals surface area contributed by atoms with Crippen molar-refractivity contribution in [3.63, 3.8) is 0 Å². The summed E-state index contributed by atoms with van der Waals surface area (Å²) in [5.41, 5.74) is 3.45. The molecular formula is C33H48N2O5. The Morgan fingerprint density at radius 2 is 1.43 bits per heavy atom. The molecule has 0 bridgehead atoms. The number of hydrogen-bond acceptors (Lipinski definition) is 5. The molecule has 2 aromatic carbocycles. The average molecular weight is 553 g/mol. The van der Waals surface area contributed by atoms with Gasteiger partial charge in [-0.3, -0.25) is 9.59 Å². The molecule has 0 atom stereocenters. The number of carbonyl (C=O) groups is 2. The Balaban J connectivity index is 1.39. The van der Waals surface area contributed by atoms with Gasteiger partial charge in [0, 0.05) is 31.5 Å². The maximum atomic E-state index is 12.4. The van der Waals surface area contributed by atoms with Gasteiger partial charge in [0.25, 0.3) is 0 Å². The van der Waals surface area contributed by atoms with E-state index in [0.717, 1.165) is 60.8 Å². The maximum Gasteiger partial charge on any atom is 0.220 e. The summed E-state index contributed by atoms with van der Waals surface area (Å²) in [7, 11) is 4.98. The van der Waals surface area contributed by atoms with Gasteiger partial charge in [-0.1, -0.05) is 50.3 Å². The van der Waals surface area contributed by atoms with Crippen LogP contribution in [0.1, 0.15) is 80.9 Å². The van der Waals surface area contributed by atoms with E-state index in [1.807, 2.05) is 18.2 Å². The van der Waals surface area contributed by atoms with Gasteiger partial charge in [0.15, 0.2) is 11.5 Å². The van der Waals surface area contributed by atoms with Crippen LogP contribution < -0.4 is 24.8 Å². The minimum Gasteiger partial charge on any atom is -0.497 e. The van der Waals surface area contributed by atoms with E-state index in [-0.39, 0.29) is 11.8 Å². The first-order chi connectivity index (χ1) is 19.5. The van der Waals surface area contributed by atoms with E-state index in [2.05, 4.69) is 28.8 Å². The molecule has 0 radical (unpaired) electrons. The molecule has 0 aromatic heterocycles. The van der Waals surface area contributed by atoms with Crippen molar-refractivity contribution in [1.29, 1.82) is 0 Å². The van der Waals surface area contributed by atoms with Crippen molar-refractivity contribution >= 4 is 11.8 Å². The third kappa shape index (κ3) is 10.4. The van der Waals surface area contributed by atoms with Gasteiger partial charge in [-0.05, 0) is 73.8 Å². The van der Waals surface area contributed by atoms with Crippen LogP contribution in [0, 0.1) is 5.92 Å². The first kappa shape index (κ1) is 31.3. The van der Waals surface area contributed by atoms with Gasteiger partial charge in [-0.15, -0.1) is 0 Å². The molecule has 3 rings (SSSR count). The fraction of sp³-hybridized carbons (Fsp3) is 0.576. The van der Waals surface area contributed by atoms with Crippen molar-refractivity contribution < 1.29 is 23.8 Å². The van der Waals surface area contributed by atoms with Crippen molar-refractivity contribution in [1.82, 2.24) is 10.6 Å². The number of unbranched alkanes of at least 4 members (excludes halogenated alkanes) is 1. The molecule has 2 amide bonds. The van der Waals surface area contributed by atoms with Gasteiger partial charge in [-0.2, -0.15) is 0 Å². The van der Waals surface area contributed by atoms with Crippen molar-refractivity contribution in [2.75, 3.05) is 34.4 Å². The Labute approximate surface area is 240 Å². The van der Waals surface area contributed by atoms with Crippen molar-refractivity contribution in [3.05, 3.63) is 53.1 Å². The van der Waals surface area contributed by atoms with E-state index < -0.39 is 0 Å². The Morgan fingerprint density at radius 3 is 2.05 bits per heavy atom. The lowest BCUT2D eigenvalue weighted by atomic mass is 9.87. The van der Waals surface area contributed by atoms with E-state index in [0.29, 0.717) is 38.0 Å². The van der Waals surface area contributed by atoms with Gasteiger partial charge in [-0.25, -0.2) is 0 Å². The average Bonchev–Trinajstić information content (AvgIpc) is 2.99. The number of aryl methyl sites for hydroxylation is 1. The van der Waals surface area contributed by atoms with E-state index in [4.69, 9.17) is 14.2 Å². The zero-order valence-electron chi connectivity index (χ0n) is 24.7. The van der Waals surface area contributed by atoms with E-state index in [1.54, 1.807) is 21.3 Å². The molecule has 0 saturated heterocycles. The zero-order valence-corrected chi connectivity index (χ0v) is 24.7. The fourth-order valence-corrected chi connectivity index (χ4v) is 5.58. The predicted octanol–water partition coefficient (Wildman–Crippen LogP) is 5.80. The summed E-state index contributed by atoms with van der Waals surface area (Å²) in [5, 5.41) is 6.10. The molecule has 40 heavy (non-hydrogen) atoms. The lowest BCUT2D eigenvalue weighted by molar-refractivity contribution is -0.123. The van der Waals surface area contributed by atoms with Crippen LogP contribution in [0.2, 0.25) is 0 Å². The quantitative estimate of drug-likeness (QED) is 0.242. The molecule has 0 heterocycles. The third-order valence-corrected chi connectivity index (χ3v) is 7.94. The molecule has 0 spiro atoms. The lowest BCUT2D eigenvalue weighted by Crippen LogP contribution is -2.27. The van der Waals surface area contributed by atoms with Crippen LogP contribution in [0.5, 0.6) is 17.2 Å². The summed E-state index contributed by atoms with van der Waals surface area (Å²) in [6.45, 7) is 1.33. The molecule has 2 N–H and O–H groups in total. The summed E-state index contributed by atoms with van der Waals surface area (Å²) in [4.78, 5) is 24.6. The number of hydrogen-bond donors (Lipinski definition) is 2. The van der Waals surface area contributed by atoms with Crippen molar-refractivity contribution in [3.8, 4) is 17.2 Å². The summed E-state index contributed by atoms with van der Waals surface area (Å²) in [5.74, 6) is 3.20. The van der Waals surface area contributed by atoms with Crippen LogP contribution in [-0.2, 0) is 28.9 Å². The van der Waals surface area contributed by atoms with Gasteiger partial charge in [0.1, 0.15) is 5.75 Å². The molecule has 1 saturated carbocycles. The number of amides is 2. The molecule has 220 valence electrons. The van der Waals surface area contributed by atoms with Crippen molar-refractivity contribution in [2.24, 2.45) is 5.92 Å². The lowest BCUT2D eigenvalue weighted by Gasteiger charge is -2.21. The van der Waals surface area contributed by atoms with Gasteiger partial charge >= 0.3 is 0 Å².